The molecule has 6 nitrogen and oxygen atoms in total. The van der Waals surface area contributed by atoms with Gasteiger partial charge in [0.1, 0.15) is 0 Å². The van der Waals surface area contributed by atoms with E-state index in [1.54, 1.807) is 17.6 Å². The molecular formula is C31H23NO5S. The second-order valence-electron chi connectivity index (χ2n) is 9.20. The van der Waals surface area contributed by atoms with Crippen molar-refractivity contribution in [3.63, 3.8) is 0 Å². The third-order valence-corrected chi connectivity index (χ3v) is 7.86. The number of allylic oxidation sites excluding steroid dienone is 4. The lowest BCUT2D eigenvalue weighted by molar-refractivity contribution is 0.327. The van der Waals surface area contributed by atoms with Gasteiger partial charge in [0.15, 0.2) is 11.5 Å². The van der Waals surface area contributed by atoms with Gasteiger partial charge >= 0.3 is 0 Å². The highest BCUT2D eigenvalue weighted by molar-refractivity contribution is 8.02. The number of hydrogen-bond acceptors (Lipinski definition) is 6. The van der Waals surface area contributed by atoms with Gasteiger partial charge in [-0.15, -0.1) is 0 Å². The number of aromatic nitrogens is 1. The van der Waals surface area contributed by atoms with Crippen LogP contribution in [0.3, 0.4) is 0 Å². The number of fused-ring (bicyclic) bond motifs is 5. The Morgan fingerprint density at radius 1 is 0.737 bits per heavy atom. The molecule has 0 spiro atoms. The summed E-state index contributed by atoms with van der Waals surface area (Å²) >= 11 is 1.38. The Hall–Kier alpha value is -4.75. The number of rotatable bonds is 2. The topological polar surface area (TPSA) is 106 Å². The third-order valence-electron chi connectivity index (χ3n) is 6.83. The van der Waals surface area contributed by atoms with Gasteiger partial charge in [-0.1, -0.05) is 66.9 Å². The lowest BCUT2D eigenvalue weighted by Crippen LogP contribution is -1.95. The summed E-state index contributed by atoms with van der Waals surface area (Å²) in [5.41, 5.74) is 6.02. The molecule has 0 radical (unpaired) electrons. The summed E-state index contributed by atoms with van der Waals surface area (Å²) in [6, 6.07) is 20.6. The molecule has 5 aromatic rings. The number of aryl methyl sites for hydroxylation is 1. The highest BCUT2D eigenvalue weighted by Crippen LogP contribution is 2.54. The molecule has 0 saturated carbocycles. The molecule has 4 aromatic carbocycles. The summed E-state index contributed by atoms with van der Waals surface area (Å²) in [5, 5.41) is 54.9. The van der Waals surface area contributed by atoms with Gasteiger partial charge in [0.2, 0.25) is 17.2 Å². The number of hydrogen-bond donors (Lipinski definition) is 5. The number of benzene rings is 4. The summed E-state index contributed by atoms with van der Waals surface area (Å²) in [6.07, 6.45) is 3.38. The van der Waals surface area contributed by atoms with Crippen LogP contribution in [0.2, 0.25) is 0 Å². The van der Waals surface area contributed by atoms with Gasteiger partial charge in [0.25, 0.3) is 0 Å². The minimum atomic E-state index is -0.993. The predicted octanol–water partition coefficient (Wildman–Crippen LogP) is 7.34. The molecule has 0 amide bonds. The zero-order valence-electron chi connectivity index (χ0n) is 20.3. The molecule has 6 rings (SSSR count). The van der Waals surface area contributed by atoms with E-state index in [2.05, 4.69) is 54.5 Å². The van der Waals surface area contributed by atoms with Crippen LogP contribution < -0.4 is 0 Å². The van der Waals surface area contributed by atoms with Crippen molar-refractivity contribution in [1.29, 1.82) is 0 Å². The van der Waals surface area contributed by atoms with Crippen LogP contribution in [0.5, 0.6) is 28.7 Å². The Bertz CT molecular complexity index is 1840. The number of phenols is 5. The summed E-state index contributed by atoms with van der Waals surface area (Å²) in [5.74, 6) is -4.31. The first-order valence-electron chi connectivity index (χ1n) is 11.8. The van der Waals surface area contributed by atoms with Crippen LogP contribution in [-0.4, -0.2) is 30.1 Å². The lowest BCUT2D eigenvalue weighted by Gasteiger charge is -2.17. The molecule has 188 valence electrons. The minimum Gasteiger partial charge on any atom is -0.504 e. The molecule has 5 N–H and O–H groups in total. The number of phenolic OH excluding ortho intramolecular Hbond substituents is 5. The quantitative estimate of drug-likeness (QED) is 0.123. The summed E-state index contributed by atoms with van der Waals surface area (Å²) in [4.78, 5) is 0.934. The van der Waals surface area contributed by atoms with Gasteiger partial charge < -0.3 is 30.1 Å². The van der Waals surface area contributed by atoms with E-state index < -0.39 is 28.7 Å². The largest absolute Gasteiger partial charge is 0.504 e. The SMILES string of the molecule is C=C1/C=C\C(c2c(O)c(O)c(O)c(O)c2O)=C/Sc2c1ccc1c2c2ccc(C)cc2n1-c1ccccc1. The highest BCUT2D eigenvalue weighted by atomic mass is 32.2. The summed E-state index contributed by atoms with van der Waals surface area (Å²) in [6.45, 7) is 6.31. The van der Waals surface area contributed by atoms with E-state index in [1.807, 2.05) is 24.3 Å². The third kappa shape index (κ3) is 3.43. The first kappa shape index (κ1) is 23.6. The van der Waals surface area contributed by atoms with E-state index in [-0.39, 0.29) is 5.56 Å². The Labute approximate surface area is 222 Å². The molecule has 7 heteroatoms. The van der Waals surface area contributed by atoms with Crippen molar-refractivity contribution in [3.8, 4) is 34.4 Å². The monoisotopic (exact) mass is 521 g/mol. The Balaban J connectivity index is 1.65. The fraction of sp³-hybridized carbons (Fsp3) is 0.0323. The van der Waals surface area contributed by atoms with E-state index in [9.17, 15) is 25.5 Å². The maximum absolute atomic E-state index is 10.5. The van der Waals surface area contributed by atoms with Gasteiger partial charge in [-0.3, -0.25) is 0 Å². The van der Waals surface area contributed by atoms with Gasteiger partial charge in [-0.05, 0) is 58.9 Å². The fourth-order valence-corrected chi connectivity index (χ4v) is 6.06. The van der Waals surface area contributed by atoms with Crippen molar-refractivity contribution >= 4 is 44.7 Å². The van der Waals surface area contributed by atoms with E-state index >= 15 is 0 Å². The van der Waals surface area contributed by atoms with Crippen molar-refractivity contribution in [2.24, 2.45) is 0 Å². The van der Waals surface area contributed by atoms with E-state index in [1.165, 1.54) is 11.8 Å². The van der Waals surface area contributed by atoms with Gasteiger partial charge in [0, 0.05) is 21.4 Å². The first-order chi connectivity index (χ1) is 18.3. The molecule has 2 heterocycles. The fourth-order valence-electron chi connectivity index (χ4n) is 4.96. The Morgan fingerprint density at radius 2 is 1.42 bits per heavy atom. The van der Waals surface area contributed by atoms with Gasteiger partial charge in [-0.2, -0.15) is 0 Å². The molecule has 38 heavy (non-hydrogen) atoms. The first-order valence-corrected chi connectivity index (χ1v) is 12.7. The number of nitrogens with zero attached hydrogens (tertiary/aromatic N) is 1. The Morgan fingerprint density at radius 3 is 2.13 bits per heavy atom. The van der Waals surface area contributed by atoms with Gasteiger partial charge in [-0.25, -0.2) is 0 Å². The van der Waals surface area contributed by atoms with E-state index in [4.69, 9.17) is 0 Å². The molecule has 0 aliphatic carbocycles. The predicted molar refractivity (Wildman–Crippen MR) is 152 cm³/mol. The normalized spacial score (nSPS) is 15.6. The summed E-state index contributed by atoms with van der Waals surface area (Å²) in [7, 11) is 0. The van der Waals surface area contributed by atoms with Crippen molar-refractivity contribution in [3.05, 3.63) is 101 Å². The van der Waals surface area contributed by atoms with Crippen LogP contribution in [0.15, 0.2) is 89.7 Å². The second kappa shape index (κ2) is 8.68. The maximum Gasteiger partial charge on any atom is 0.208 e. The molecular weight excluding hydrogens is 498 g/mol. The molecule has 0 atom stereocenters. The lowest BCUT2D eigenvalue weighted by atomic mass is 9.99. The van der Waals surface area contributed by atoms with Crippen LogP contribution >= 0.6 is 11.8 Å². The number of aromatic hydroxyl groups is 5. The summed E-state index contributed by atoms with van der Waals surface area (Å²) < 4.78 is 2.23. The highest BCUT2D eigenvalue weighted by Gasteiger charge is 2.26. The molecule has 1 aliphatic heterocycles. The van der Waals surface area contributed by atoms with Gasteiger partial charge in [0.05, 0.1) is 16.6 Å². The number of para-hydroxylation sites is 1. The molecule has 0 saturated heterocycles. The van der Waals surface area contributed by atoms with E-state index in [0.717, 1.165) is 43.5 Å². The average molecular weight is 522 g/mol. The van der Waals surface area contributed by atoms with Crippen molar-refractivity contribution < 1.29 is 25.5 Å². The molecule has 0 unspecified atom stereocenters. The van der Waals surface area contributed by atoms with Crippen LogP contribution in [0.25, 0.3) is 38.6 Å². The Kier molecular flexibility index (Phi) is 5.40. The van der Waals surface area contributed by atoms with Crippen LogP contribution in [0.1, 0.15) is 16.7 Å². The standard InChI is InChI=1S/C31H23NO5S/c1-16-8-11-21-23(14-16)32(19-6-4-3-5-7-19)22-13-12-20-17(2)9-10-18(15-38-31(20)25(21)22)24-26(33)28(35)30(37)29(36)27(24)34/h3-15,33-37H,2H2,1H3/b10-9-,18-15+. The molecule has 0 bridgehead atoms. The second-order valence-corrected chi connectivity index (χ2v) is 10.1. The zero-order valence-corrected chi connectivity index (χ0v) is 21.1. The van der Waals surface area contributed by atoms with Crippen molar-refractivity contribution in [2.45, 2.75) is 11.8 Å². The van der Waals surface area contributed by atoms with E-state index in [0.29, 0.717) is 11.1 Å². The smallest absolute Gasteiger partial charge is 0.208 e. The molecule has 1 aromatic heterocycles. The zero-order chi connectivity index (χ0) is 26.7. The number of thioether (sulfide) groups is 1. The van der Waals surface area contributed by atoms with Crippen LogP contribution in [0.4, 0.5) is 0 Å². The minimum absolute atomic E-state index is 0.202. The van der Waals surface area contributed by atoms with Crippen molar-refractivity contribution in [2.75, 3.05) is 0 Å². The maximum atomic E-state index is 10.5. The molecule has 1 aliphatic rings. The molecule has 0 fully saturated rings. The van der Waals surface area contributed by atoms with Crippen LogP contribution in [-0.2, 0) is 0 Å². The van der Waals surface area contributed by atoms with Crippen molar-refractivity contribution in [1.82, 2.24) is 4.57 Å². The van der Waals surface area contributed by atoms with Crippen LogP contribution in [0, 0.1) is 6.92 Å². The average Bonchev–Trinajstić information content (AvgIpc) is 3.24.